The minimum atomic E-state index is -4.49. The molecule has 7 aliphatic heterocycles. The summed E-state index contributed by atoms with van der Waals surface area (Å²) >= 11 is 0. The Labute approximate surface area is 592 Å². The van der Waals surface area contributed by atoms with Crippen LogP contribution in [0.4, 0.5) is 112 Å². The van der Waals surface area contributed by atoms with Gasteiger partial charge < -0.3 is 49.5 Å². The van der Waals surface area contributed by atoms with Crippen LogP contribution < -0.4 is 59.7 Å². The number of alkyl halides is 9. The van der Waals surface area contributed by atoms with Gasteiger partial charge in [-0.15, -0.1) is 0 Å². The van der Waals surface area contributed by atoms with Crippen molar-refractivity contribution < 1.29 is 83.8 Å². The number of amides is 6. The Morgan fingerprint density at radius 2 is 1.02 bits per heavy atom. The number of nitrogens with one attached hydrogen (secondary N) is 3. The van der Waals surface area contributed by atoms with E-state index >= 15 is 0 Å². The third-order valence-corrected chi connectivity index (χ3v) is 18.5. The highest BCUT2D eigenvalue weighted by Crippen LogP contribution is 2.45. The predicted octanol–water partition coefficient (Wildman–Crippen LogP) is 9.73. The Balaban J connectivity index is 0.000000140. The van der Waals surface area contributed by atoms with Crippen molar-refractivity contribution >= 4 is 75.9 Å². The summed E-state index contributed by atoms with van der Waals surface area (Å²) < 4.78 is 129. The van der Waals surface area contributed by atoms with Crippen molar-refractivity contribution in [3.8, 4) is 34.4 Å². The van der Waals surface area contributed by atoms with Gasteiger partial charge in [-0.05, 0) is 111 Å². The maximum atomic E-state index is 13.4. The molecule has 4 saturated heterocycles. The van der Waals surface area contributed by atoms with E-state index in [4.69, 9.17) is 24.7 Å². The normalized spacial score (nSPS) is 19.0. The monoisotopic (exact) mass is 1460 g/mol. The number of nitrogens with zero attached hydrogens (tertiary/aromatic N) is 15. The van der Waals surface area contributed by atoms with Gasteiger partial charge in [0.15, 0.2) is 23.3 Å². The van der Waals surface area contributed by atoms with E-state index < -0.39 is 73.1 Å². The van der Waals surface area contributed by atoms with Crippen molar-refractivity contribution in [3.05, 3.63) is 145 Å². The number of rotatable bonds is 14. The van der Waals surface area contributed by atoms with E-state index in [0.29, 0.717) is 104 Å². The average Bonchev–Trinajstić information content (AvgIpc) is 1.74. The molecule has 6 aromatic heterocycles. The van der Waals surface area contributed by atoms with E-state index in [1.54, 1.807) is 76.7 Å². The van der Waals surface area contributed by atoms with Gasteiger partial charge in [0.2, 0.25) is 5.88 Å². The van der Waals surface area contributed by atoms with E-state index in [2.05, 4.69) is 65.5 Å². The van der Waals surface area contributed by atoms with Crippen molar-refractivity contribution in [2.75, 3.05) is 129 Å². The van der Waals surface area contributed by atoms with Crippen LogP contribution in [0.1, 0.15) is 43.2 Å². The van der Waals surface area contributed by atoms with Crippen LogP contribution in [0.5, 0.6) is 11.9 Å². The highest BCUT2D eigenvalue weighted by atomic mass is 19.4. The van der Waals surface area contributed by atoms with E-state index in [0.717, 1.165) is 49.3 Å². The second kappa shape index (κ2) is 30.4. The van der Waals surface area contributed by atoms with Crippen LogP contribution in [0.2, 0.25) is 0 Å². The van der Waals surface area contributed by atoms with Gasteiger partial charge in [-0.3, -0.25) is 35.6 Å². The van der Waals surface area contributed by atoms with E-state index in [9.17, 15) is 64.1 Å². The number of urea groups is 3. The van der Waals surface area contributed by atoms with Crippen LogP contribution in [-0.2, 0) is 12.4 Å². The first-order chi connectivity index (χ1) is 50.3. The van der Waals surface area contributed by atoms with Crippen molar-refractivity contribution in [1.29, 1.82) is 0 Å². The zero-order chi connectivity index (χ0) is 73.9. The summed E-state index contributed by atoms with van der Waals surface area (Å²) in [4.78, 5) is 87.0. The number of pyridine rings is 4. The number of hydrogen-bond donors (Lipinski definition) is 7. The molecule has 0 radical (unpaired) electrons. The van der Waals surface area contributed by atoms with Crippen LogP contribution in [0.15, 0.2) is 134 Å². The van der Waals surface area contributed by atoms with Gasteiger partial charge in [-0.25, -0.2) is 39.3 Å². The minimum Gasteiger partial charge on any atom is -0.474 e. The molecule has 0 unspecified atom stereocenters. The number of anilines is 10. The number of ether oxygens (including phenoxy) is 2. The molecule has 6 bridgehead atoms. The number of aliphatic hydroxyl groups excluding tert-OH is 4. The van der Waals surface area contributed by atoms with Crippen molar-refractivity contribution in [2.45, 2.75) is 81.0 Å². The maximum absolute atomic E-state index is 13.4. The lowest BCUT2D eigenvalue weighted by molar-refractivity contribution is -0.168. The van der Waals surface area contributed by atoms with Gasteiger partial charge in [-0.2, -0.15) is 49.5 Å². The summed E-state index contributed by atoms with van der Waals surface area (Å²) in [5.74, 6) is 1.03. The highest BCUT2D eigenvalue weighted by molar-refractivity contribution is 6.06. The fourth-order valence-electron chi connectivity index (χ4n) is 13.4. The van der Waals surface area contributed by atoms with Crippen molar-refractivity contribution in [1.82, 2.24) is 39.9 Å². The fourth-order valence-corrected chi connectivity index (χ4v) is 13.4. The molecule has 13 heterocycles. The van der Waals surface area contributed by atoms with Gasteiger partial charge in [0.05, 0.1) is 89.2 Å². The smallest absolute Gasteiger partial charge is 0.416 e. The molecule has 105 heavy (non-hydrogen) atoms. The van der Waals surface area contributed by atoms with Crippen molar-refractivity contribution in [2.24, 2.45) is 5.92 Å². The van der Waals surface area contributed by atoms with Gasteiger partial charge in [0.25, 0.3) is 0 Å². The standard InChI is InChI=1S/2C24H23F3N6O4.C21H23F3N6O/c25-24(26,27)15-3-1-2-14(10-15)18-4-5-19-21(29-18)33(16-7-9-32(19)11-16)23(36)31-20-6-8-28-22(30-20)37-13-17(35)12-34;25-24(26,27)15-3-1-2-14(8-15)18-4-5-19-22(29-18)33(16-6-7-32(19)11-16)23(36)31-20-9-28-10-21(30-20)37-13-17(35)12-34;22-21(23,24)14-8-11-29(12-14)18-7-6-16-19(27-18)30(15-4-3-10-28(16)13-15)20(31)26-17-5-1-2-9-25-17/h1-6,8,10,16-17,34-35H,7,9,11-13H2,(H,28,30,31,36);1-5,8-10,16-17,34-35H,6-7,11-13H2,(H,30,31,36);1-2,5-7,9,14-15H,3-4,8,10-13H2,(H,25,26,31)/t2*16-,17+;14-,15-/m000/s1. The Kier molecular flexibility index (Phi) is 20.9. The first-order valence-electron chi connectivity index (χ1n) is 33.5. The lowest BCUT2D eigenvalue weighted by Crippen LogP contribution is -2.56. The lowest BCUT2D eigenvalue weighted by Gasteiger charge is -2.46. The second-order valence-corrected chi connectivity index (χ2v) is 25.6. The summed E-state index contributed by atoms with van der Waals surface area (Å²) in [7, 11) is 0. The molecule has 7 aliphatic rings. The molecule has 7 N–H and O–H groups in total. The Morgan fingerprint density at radius 1 is 0.495 bits per heavy atom. The molecule has 6 atom stereocenters. The number of carbonyl (C=O) groups is 3. The number of fused-ring (bicyclic) bond motifs is 12. The zero-order valence-corrected chi connectivity index (χ0v) is 55.6. The molecule has 0 aliphatic carbocycles. The molecule has 15 rings (SSSR count). The third-order valence-electron chi connectivity index (χ3n) is 18.5. The average molecular weight is 1470 g/mol. The Morgan fingerprint density at radius 3 is 1.56 bits per heavy atom. The van der Waals surface area contributed by atoms with Gasteiger partial charge >= 0.3 is 42.6 Å². The molecule has 0 saturated carbocycles. The molecule has 552 valence electrons. The summed E-state index contributed by atoms with van der Waals surface area (Å²) in [5, 5.41) is 44.9. The minimum absolute atomic E-state index is 0.0429. The number of carbonyl (C=O) groups excluding carboxylic acids is 3. The highest BCUT2D eigenvalue weighted by Gasteiger charge is 2.46. The molecule has 0 spiro atoms. The SMILES string of the molecule is O=C(Nc1ccccn1)N1c2nc(N3CC[C@H](C(F)(F)F)C3)ccc2N2CCC[C@H]1C2.O=C(Nc1ccnc(OC[C@H](O)CO)n1)N1c2nc(-c3cccc(C(F)(F)F)c3)ccc2N2CC[C@H]1C2.O=C(Nc1cncc(OC[C@H](O)CO)n1)N1c2nc(-c3cccc(C(F)(F)F)c3)ccc2N2CC[C@H]1C2. The molecular weight excluding hydrogens is 1400 g/mol. The van der Waals surface area contributed by atoms with Crippen LogP contribution in [0.3, 0.4) is 0 Å². The predicted molar refractivity (Wildman–Crippen MR) is 366 cm³/mol. The topological polar surface area (TPSA) is 312 Å². The van der Waals surface area contributed by atoms with Crippen LogP contribution in [-0.4, -0.2) is 194 Å². The number of halogens is 9. The van der Waals surface area contributed by atoms with Crippen LogP contribution >= 0.6 is 0 Å². The quantitative estimate of drug-likeness (QED) is 0.0498. The fraction of sp³-hybridized carbons (Fsp3) is 0.377. The van der Waals surface area contributed by atoms with Crippen LogP contribution in [0, 0.1) is 5.92 Å². The molecule has 8 aromatic rings. The largest absolute Gasteiger partial charge is 0.474 e. The van der Waals surface area contributed by atoms with Crippen molar-refractivity contribution in [3.63, 3.8) is 0 Å². The molecule has 6 amide bonds. The van der Waals surface area contributed by atoms with Gasteiger partial charge in [0.1, 0.15) is 42.9 Å². The van der Waals surface area contributed by atoms with Crippen LogP contribution in [0.25, 0.3) is 22.5 Å². The zero-order valence-electron chi connectivity index (χ0n) is 55.6. The second-order valence-electron chi connectivity index (χ2n) is 25.6. The molecule has 2 aromatic carbocycles. The third kappa shape index (κ3) is 16.4. The van der Waals surface area contributed by atoms with E-state index in [-0.39, 0.29) is 85.0 Å². The summed E-state index contributed by atoms with van der Waals surface area (Å²) in [6, 6.07) is 25.1. The molecule has 4 fully saturated rings. The summed E-state index contributed by atoms with van der Waals surface area (Å²) in [6.45, 7) is 2.99. The Bertz CT molecular complexity index is 4260. The van der Waals surface area contributed by atoms with Gasteiger partial charge in [0, 0.05) is 75.9 Å². The van der Waals surface area contributed by atoms with E-state index in [1.807, 2.05) is 6.07 Å². The molecule has 36 heteroatoms. The lowest BCUT2D eigenvalue weighted by atomic mass is 10.00. The molecular formula is C69H69F9N18O9. The summed E-state index contributed by atoms with van der Waals surface area (Å²) in [5.41, 5.74) is 1.88. The number of benzene rings is 2. The van der Waals surface area contributed by atoms with E-state index in [1.165, 1.54) is 46.6 Å². The Hall–Kier alpha value is -11.0. The summed E-state index contributed by atoms with van der Waals surface area (Å²) in [6.07, 6.45) is -6.54. The first-order valence-corrected chi connectivity index (χ1v) is 33.5. The number of piperidine rings is 1. The molecule has 27 nitrogen and oxygen atoms in total. The first kappa shape index (κ1) is 72.4. The van der Waals surface area contributed by atoms with Gasteiger partial charge in [-0.1, -0.05) is 30.3 Å². The maximum Gasteiger partial charge on any atom is 0.416 e. The number of aromatic nitrogens is 8. The number of hydrogen-bond acceptors (Lipinski definition) is 21. The number of aliphatic hydroxyl groups is 4.